The molecule has 1 N–H and O–H groups in total. The molecular formula is C26H24ClN3O5. The number of hydrogen-bond donors (Lipinski definition) is 1. The summed E-state index contributed by atoms with van der Waals surface area (Å²) in [6.07, 6.45) is 0. The highest BCUT2D eigenvalue weighted by Gasteiger charge is 2.16. The average Bonchev–Trinajstić information content (AvgIpc) is 2.88. The Hall–Kier alpha value is -4.04. The molecule has 0 aliphatic rings. The van der Waals surface area contributed by atoms with Crippen molar-refractivity contribution in [3.63, 3.8) is 0 Å². The van der Waals surface area contributed by atoms with Gasteiger partial charge in [-0.1, -0.05) is 35.9 Å². The van der Waals surface area contributed by atoms with E-state index in [4.69, 9.17) is 21.1 Å². The zero-order valence-electron chi connectivity index (χ0n) is 19.3. The third-order valence-corrected chi connectivity index (χ3v) is 5.91. The van der Waals surface area contributed by atoms with Gasteiger partial charge in [-0.3, -0.25) is 23.5 Å². The molecule has 0 aliphatic carbocycles. The van der Waals surface area contributed by atoms with Gasteiger partial charge in [0.15, 0.2) is 0 Å². The molecule has 1 amide bonds. The van der Waals surface area contributed by atoms with Crippen LogP contribution in [0.25, 0.3) is 11.0 Å². The summed E-state index contributed by atoms with van der Waals surface area (Å²) in [5.74, 6) is 0.788. The van der Waals surface area contributed by atoms with Crippen LogP contribution in [0.4, 0.5) is 0 Å². The highest BCUT2D eigenvalue weighted by molar-refractivity contribution is 6.30. The monoisotopic (exact) mass is 493 g/mol. The fourth-order valence-electron chi connectivity index (χ4n) is 3.85. The van der Waals surface area contributed by atoms with Crippen molar-refractivity contribution in [3.8, 4) is 11.5 Å². The molecule has 4 rings (SSSR count). The second kappa shape index (κ2) is 10.5. The number of benzene rings is 3. The van der Waals surface area contributed by atoms with Gasteiger partial charge in [-0.05, 0) is 42.0 Å². The first-order valence-electron chi connectivity index (χ1n) is 10.9. The number of nitrogens with one attached hydrogen (secondary N) is 1. The summed E-state index contributed by atoms with van der Waals surface area (Å²) < 4.78 is 13.2. The quantitative estimate of drug-likeness (QED) is 0.381. The van der Waals surface area contributed by atoms with E-state index in [0.717, 1.165) is 11.1 Å². The van der Waals surface area contributed by atoms with Crippen molar-refractivity contribution in [2.75, 3.05) is 14.2 Å². The molecule has 0 spiro atoms. The van der Waals surface area contributed by atoms with Crippen LogP contribution in [0.5, 0.6) is 11.5 Å². The molecule has 0 bridgehead atoms. The summed E-state index contributed by atoms with van der Waals surface area (Å²) in [6, 6.07) is 19.4. The van der Waals surface area contributed by atoms with Crippen LogP contribution in [-0.2, 0) is 24.4 Å². The van der Waals surface area contributed by atoms with Crippen LogP contribution in [0.15, 0.2) is 76.3 Å². The van der Waals surface area contributed by atoms with Crippen LogP contribution in [0, 0.1) is 0 Å². The fourth-order valence-corrected chi connectivity index (χ4v) is 3.97. The van der Waals surface area contributed by atoms with Gasteiger partial charge < -0.3 is 14.8 Å². The number of nitrogens with zero attached hydrogens (tertiary/aromatic N) is 2. The maximum absolute atomic E-state index is 13.0. The van der Waals surface area contributed by atoms with Gasteiger partial charge in [-0.15, -0.1) is 0 Å². The first-order valence-corrected chi connectivity index (χ1v) is 11.2. The third kappa shape index (κ3) is 5.22. The topological polar surface area (TPSA) is 91.6 Å². The van der Waals surface area contributed by atoms with Gasteiger partial charge in [-0.25, -0.2) is 0 Å². The number of fused-ring (bicyclic) bond motifs is 1. The zero-order chi connectivity index (χ0) is 24.9. The van der Waals surface area contributed by atoms with Crippen molar-refractivity contribution >= 4 is 28.5 Å². The van der Waals surface area contributed by atoms with E-state index in [0.29, 0.717) is 27.6 Å². The number of carbonyl (C=O) groups excluding carboxylic acids is 1. The maximum Gasteiger partial charge on any atom is 0.317 e. The molecule has 0 fully saturated rings. The second-order valence-electron chi connectivity index (χ2n) is 7.85. The molecule has 35 heavy (non-hydrogen) atoms. The van der Waals surface area contributed by atoms with Crippen molar-refractivity contribution in [1.29, 1.82) is 0 Å². The van der Waals surface area contributed by atoms with E-state index in [-0.39, 0.29) is 19.6 Å². The first kappa shape index (κ1) is 24.1. The predicted octanol–water partition coefficient (Wildman–Crippen LogP) is 3.20. The molecule has 0 unspecified atom stereocenters. The molecule has 0 saturated heterocycles. The minimum atomic E-state index is -0.769. The Morgan fingerprint density at radius 1 is 0.886 bits per heavy atom. The van der Waals surface area contributed by atoms with Gasteiger partial charge in [-0.2, -0.15) is 0 Å². The molecule has 8 nitrogen and oxygen atoms in total. The standard InChI is InChI=1S/C26H24ClN3O5/c1-34-20-12-9-18(23(13-20)35-2)14-28-24(31)16-30-22-6-4-3-5-21(22)29(25(32)26(30)33)15-17-7-10-19(27)11-8-17/h3-13H,14-16H2,1-2H3,(H,28,31). The van der Waals surface area contributed by atoms with Gasteiger partial charge in [0.25, 0.3) is 0 Å². The van der Waals surface area contributed by atoms with Gasteiger partial charge in [0.1, 0.15) is 18.0 Å². The lowest BCUT2D eigenvalue weighted by atomic mass is 10.2. The number of halogens is 1. The molecule has 0 saturated carbocycles. The Morgan fingerprint density at radius 3 is 2.20 bits per heavy atom. The highest BCUT2D eigenvalue weighted by atomic mass is 35.5. The number of rotatable bonds is 8. The molecule has 1 heterocycles. The third-order valence-electron chi connectivity index (χ3n) is 5.66. The van der Waals surface area contributed by atoms with Crippen molar-refractivity contribution in [2.45, 2.75) is 19.6 Å². The van der Waals surface area contributed by atoms with E-state index >= 15 is 0 Å². The Kier molecular flexibility index (Phi) is 7.22. The molecule has 0 radical (unpaired) electrons. The molecular weight excluding hydrogens is 470 g/mol. The van der Waals surface area contributed by atoms with Crippen LogP contribution >= 0.6 is 11.6 Å². The van der Waals surface area contributed by atoms with E-state index < -0.39 is 17.0 Å². The summed E-state index contributed by atoms with van der Waals surface area (Å²) in [7, 11) is 3.09. The summed E-state index contributed by atoms with van der Waals surface area (Å²) in [4.78, 5) is 38.8. The number of hydrogen-bond acceptors (Lipinski definition) is 5. The lowest BCUT2D eigenvalue weighted by Gasteiger charge is -2.16. The number of amides is 1. The summed E-state index contributed by atoms with van der Waals surface area (Å²) >= 11 is 5.96. The lowest BCUT2D eigenvalue weighted by molar-refractivity contribution is -0.121. The van der Waals surface area contributed by atoms with Crippen LogP contribution in [0.3, 0.4) is 0 Å². The SMILES string of the molecule is COc1ccc(CNC(=O)Cn2c(=O)c(=O)n(Cc3ccc(Cl)cc3)c3ccccc32)c(OC)c1. The average molecular weight is 494 g/mol. The van der Waals surface area contributed by atoms with Crippen LogP contribution < -0.4 is 25.9 Å². The summed E-state index contributed by atoms with van der Waals surface area (Å²) in [5.41, 5.74) is 1.14. The van der Waals surface area contributed by atoms with Crippen molar-refractivity contribution in [1.82, 2.24) is 14.5 Å². The van der Waals surface area contributed by atoms with Crippen LogP contribution in [0.1, 0.15) is 11.1 Å². The Morgan fingerprint density at radius 2 is 1.54 bits per heavy atom. The molecule has 4 aromatic rings. The zero-order valence-corrected chi connectivity index (χ0v) is 20.0. The fraction of sp³-hybridized carbons (Fsp3) is 0.192. The van der Waals surface area contributed by atoms with E-state index in [2.05, 4.69) is 5.32 Å². The predicted molar refractivity (Wildman–Crippen MR) is 134 cm³/mol. The number of ether oxygens (including phenoxy) is 2. The summed E-state index contributed by atoms with van der Waals surface area (Å²) in [6.45, 7) is 0.0945. The highest BCUT2D eigenvalue weighted by Crippen LogP contribution is 2.24. The minimum Gasteiger partial charge on any atom is -0.497 e. The Labute approximate surface area is 206 Å². The second-order valence-corrected chi connectivity index (χ2v) is 8.29. The van der Waals surface area contributed by atoms with Gasteiger partial charge in [0, 0.05) is 23.2 Å². The number of carbonyl (C=O) groups is 1. The molecule has 180 valence electrons. The Bertz CT molecular complexity index is 1490. The first-order chi connectivity index (χ1) is 16.9. The lowest BCUT2D eigenvalue weighted by Crippen LogP contribution is -2.44. The molecule has 0 aliphatic heterocycles. The molecule has 9 heteroatoms. The van der Waals surface area contributed by atoms with E-state index in [1.807, 2.05) is 0 Å². The molecule has 3 aromatic carbocycles. The van der Waals surface area contributed by atoms with Crippen LogP contribution in [0.2, 0.25) is 5.02 Å². The number of aromatic nitrogens is 2. The smallest absolute Gasteiger partial charge is 0.317 e. The Balaban J connectivity index is 1.61. The summed E-state index contributed by atoms with van der Waals surface area (Å²) in [5, 5.41) is 3.37. The van der Waals surface area contributed by atoms with Crippen molar-refractivity contribution in [3.05, 3.63) is 104 Å². The molecule has 0 atom stereocenters. The largest absolute Gasteiger partial charge is 0.497 e. The van der Waals surface area contributed by atoms with Gasteiger partial charge in [0.2, 0.25) is 5.91 Å². The molecule has 1 aromatic heterocycles. The van der Waals surface area contributed by atoms with Gasteiger partial charge >= 0.3 is 11.1 Å². The van der Waals surface area contributed by atoms with Gasteiger partial charge in [0.05, 0.1) is 31.8 Å². The normalized spacial score (nSPS) is 10.8. The van der Waals surface area contributed by atoms with Crippen molar-refractivity contribution < 1.29 is 14.3 Å². The van der Waals surface area contributed by atoms with E-state index in [9.17, 15) is 14.4 Å². The number of para-hydroxylation sites is 2. The maximum atomic E-state index is 13.0. The number of methoxy groups -OCH3 is 2. The van der Waals surface area contributed by atoms with E-state index in [1.165, 1.54) is 16.2 Å². The van der Waals surface area contributed by atoms with Crippen molar-refractivity contribution in [2.24, 2.45) is 0 Å². The van der Waals surface area contributed by atoms with Crippen LogP contribution in [-0.4, -0.2) is 29.3 Å². The minimum absolute atomic E-state index is 0.187. The van der Waals surface area contributed by atoms with E-state index in [1.54, 1.807) is 73.8 Å².